The highest BCUT2D eigenvalue weighted by Gasteiger charge is 1.70. The summed E-state index contributed by atoms with van der Waals surface area (Å²) in [4.78, 5) is 0. The van der Waals surface area contributed by atoms with Crippen molar-refractivity contribution in [1.82, 2.24) is 0 Å². The minimum Gasteiger partial charge on any atom is -0.313 e. The van der Waals surface area contributed by atoms with Crippen molar-refractivity contribution in [3.63, 3.8) is 0 Å². The summed E-state index contributed by atoms with van der Waals surface area (Å²) in [6, 6.07) is 1.92. The Morgan fingerprint density at radius 3 is 2.67 bits per heavy atom. The van der Waals surface area contributed by atoms with Crippen molar-refractivity contribution in [3.8, 4) is 6.07 Å². The highest BCUT2D eigenvalue weighted by atomic mass is 14.3. The summed E-state index contributed by atoms with van der Waals surface area (Å²) < 4.78 is 0. The van der Waals surface area contributed by atoms with Crippen molar-refractivity contribution in [1.29, 1.82) is 10.7 Å². The Hall–Kier alpha value is -0.840. The van der Waals surface area contributed by atoms with Crippen LogP contribution in [0.1, 0.15) is 12.8 Å². The molecule has 6 heavy (non-hydrogen) atoms. The van der Waals surface area contributed by atoms with E-state index in [4.69, 9.17) is 10.7 Å². The van der Waals surface area contributed by atoms with Gasteiger partial charge in [-0.25, -0.2) is 0 Å². The van der Waals surface area contributed by atoms with Gasteiger partial charge in [0.2, 0.25) is 0 Å². The quantitative estimate of drug-likeness (QED) is 0.391. The van der Waals surface area contributed by atoms with E-state index in [-0.39, 0.29) is 0 Å². The Morgan fingerprint density at radius 2 is 2.50 bits per heavy atom. The molecule has 0 saturated heterocycles. The molecule has 0 atom stereocenters. The summed E-state index contributed by atoms with van der Waals surface area (Å²) in [6.45, 7) is 0. The molecule has 0 unspecified atom stereocenters. The monoisotopic (exact) mass is 82.1 g/mol. The standard InChI is InChI=1S/C4H6N2/c5-3-1-2-4-6/h3,5H,1-2H2. The summed E-state index contributed by atoms with van der Waals surface area (Å²) in [7, 11) is 0. The first kappa shape index (κ1) is 5.16. The average molecular weight is 82.1 g/mol. The Balaban J connectivity index is 2.72. The molecule has 0 rings (SSSR count). The van der Waals surface area contributed by atoms with E-state index in [2.05, 4.69) is 0 Å². The van der Waals surface area contributed by atoms with Gasteiger partial charge in [-0.05, 0) is 12.6 Å². The molecule has 0 saturated carbocycles. The van der Waals surface area contributed by atoms with Gasteiger partial charge in [-0.2, -0.15) is 5.26 Å². The number of nitrogens with one attached hydrogen (secondary N) is 1. The molecule has 0 aliphatic heterocycles. The molecule has 0 amide bonds. The molecule has 0 fully saturated rings. The molecule has 0 spiro atoms. The molecule has 0 aliphatic carbocycles. The second-order valence-electron chi connectivity index (χ2n) is 0.901. The van der Waals surface area contributed by atoms with E-state index in [1.165, 1.54) is 6.21 Å². The van der Waals surface area contributed by atoms with E-state index in [1.54, 1.807) is 0 Å². The van der Waals surface area contributed by atoms with E-state index < -0.39 is 0 Å². The minimum atomic E-state index is 0.476. The van der Waals surface area contributed by atoms with Crippen molar-refractivity contribution in [3.05, 3.63) is 0 Å². The molecular weight excluding hydrogens is 76.1 g/mol. The van der Waals surface area contributed by atoms with Gasteiger partial charge in [0, 0.05) is 6.42 Å². The molecule has 0 heterocycles. The number of hydrogen-bond acceptors (Lipinski definition) is 2. The maximum Gasteiger partial charge on any atom is 0.0625 e. The fourth-order valence-corrected chi connectivity index (χ4v) is 0.137. The first-order valence-corrected chi connectivity index (χ1v) is 1.77. The molecule has 0 aliphatic rings. The van der Waals surface area contributed by atoms with Gasteiger partial charge in [0.1, 0.15) is 0 Å². The predicted molar refractivity (Wildman–Crippen MR) is 23.6 cm³/mol. The number of nitriles is 1. The van der Waals surface area contributed by atoms with E-state index in [0.717, 1.165) is 0 Å². The smallest absolute Gasteiger partial charge is 0.0625 e. The van der Waals surface area contributed by atoms with E-state index in [0.29, 0.717) is 12.8 Å². The lowest BCUT2D eigenvalue weighted by molar-refractivity contribution is 1.12. The summed E-state index contributed by atoms with van der Waals surface area (Å²) >= 11 is 0. The summed E-state index contributed by atoms with van der Waals surface area (Å²) in [5.74, 6) is 0. The lowest BCUT2D eigenvalue weighted by Gasteiger charge is -1.69. The Kier molecular flexibility index (Phi) is 3.58. The SMILES string of the molecule is N#CCCC=N. The summed E-state index contributed by atoms with van der Waals surface area (Å²) in [5.41, 5.74) is 0. The van der Waals surface area contributed by atoms with Gasteiger partial charge in [0.15, 0.2) is 0 Å². The molecule has 0 aromatic heterocycles. The zero-order valence-corrected chi connectivity index (χ0v) is 3.44. The van der Waals surface area contributed by atoms with Crippen LogP contribution in [0.2, 0.25) is 0 Å². The topological polar surface area (TPSA) is 47.6 Å². The zero-order chi connectivity index (χ0) is 4.83. The maximum absolute atomic E-state index is 7.84. The fraction of sp³-hybridized carbons (Fsp3) is 0.500. The number of nitrogens with zero attached hydrogens (tertiary/aromatic N) is 1. The third kappa shape index (κ3) is 3.16. The van der Waals surface area contributed by atoms with Crippen LogP contribution in [0.5, 0.6) is 0 Å². The second-order valence-corrected chi connectivity index (χ2v) is 0.901. The van der Waals surface area contributed by atoms with Crippen LogP contribution in [0, 0.1) is 16.7 Å². The van der Waals surface area contributed by atoms with Gasteiger partial charge >= 0.3 is 0 Å². The predicted octanol–water partition coefficient (Wildman–Crippen LogP) is 0.940. The molecule has 0 bridgehead atoms. The van der Waals surface area contributed by atoms with Crippen LogP contribution >= 0.6 is 0 Å². The molecule has 0 radical (unpaired) electrons. The Labute approximate surface area is 36.9 Å². The zero-order valence-electron chi connectivity index (χ0n) is 3.44. The van der Waals surface area contributed by atoms with Gasteiger partial charge in [-0.1, -0.05) is 0 Å². The molecule has 32 valence electrons. The van der Waals surface area contributed by atoms with Crippen molar-refractivity contribution in [2.75, 3.05) is 0 Å². The van der Waals surface area contributed by atoms with Crippen LogP contribution in [-0.4, -0.2) is 6.21 Å². The number of rotatable bonds is 2. The van der Waals surface area contributed by atoms with Crippen molar-refractivity contribution in [2.45, 2.75) is 12.8 Å². The van der Waals surface area contributed by atoms with Gasteiger partial charge in [0.25, 0.3) is 0 Å². The summed E-state index contributed by atoms with van der Waals surface area (Å²) in [5, 5.41) is 14.3. The third-order valence-electron chi connectivity index (χ3n) is 0.400. The van der Waals surface area contributed by atoms with E-state index >= 15 is 0 Å². The molecule has 0 aromatic carbocycles. The van der Waals surface area contributed by atoms with Crippen molar-refractivity contribution < 1.29 is 0 Å². The van der Waals surface area contributed by atoms with Gasteiger partial charge in [-0.15, -0.1) is 0 Å². The lowest BCUT2D eigenvalue weighted by Crippen LogP contribution is -1.66. The fourth-order valence-electron chi connectivity index (χ4n) is 0.137. The van der Waals surface area contributed by atoms with Crippen LogP contribution in [0.4, 0.5) is 0 Å². The summed E-state index contributed by atoms with van der Waals surface area (Å²) in [6.07, 6.45) is 2.31. The van der Waals surface area contributed by atoms with Crippen LogP contribution in [0.15, 0.2) is 0 Å². The van der Waals surface area contributed by atoms with E-state index in [1.807, 2.05) is 6.07 Å². The molecule has 0 aromatic rings. The van der Waals surface area contributed by atoms with Gasteiger partial charge in [-0.3, -0.25) is 0 Å². The van der Waals surface area contributed by atoms with Crippen molar-refractivity contribution in [2.24, 2.45) is 0 Å². The van der Waals surface area contributed by atoms with Crippen LogP contribution < -0.4 is 0 Å². The first-order valence-electron chi connectivity index (χ1n) is 1.77. The van der Waals surface area contributed by atoms with Gasteiger partial charge < -0.3 is 5.41 Å². The Bertz CT molecular complexity index is 70.1. The number of hydrogen-bond donors (Lipinski definition) is 1. The molecule has 2 nitrogen and oxygen atoms in total. The Morgan fingerprint density at radius 1 is 1.83 bits per heavy atom. The molecule has 1 N–H and O–H groups in total. The van der Waals surface area contributed by atoms with Gasteiger partial charge in [0.05, 0.1) is 6.07 Å². The second kappa shape index (κ2) is 4.16. The average Bonchev–Trinajstić information content (AvgIpc) is 1.61. The normalized spacial score (nSPS) is 6.50. The third-order valence-corrected chi connectivity index (χ3v) is 0.400. The molecule has 2 heteroatoms. The van der Waals surface area contributed by atoms with Crippen LogP contribution in [0.25, 0.3) is 0 Å². The lowest BCUT2D eigenvalue weighted by atomic mass is 10.4. The van der Waals surface area contributed by atoms with Crippen molar-refractivity contribution >= 4 is 6.21 Å². The van der Waals surface area contributed by atoms with E-state index in [9.17, 15) is 0 Å². The highest BCUT2D eigenvalue weighted by Crippen LogP contribution is 1.76. The number of unbranched alkanes of at least 4 members (excludes halogenated alkanes) is 1. The van der Waals surface area contributed by atoms with Crippen LogP contribution in [0.3, 0.4) is 0 Å². The largest absolute Gasteiger partial charge is 0.313 e. The van der Waals surface area contributed by atoms with Crippen LogP contribution in [-0.2, 0) is 0 Å². The first-order chi connectivity index (χ1) is 2.91. The molecular formula is C4H6N2. The maximum atomic E-state index is 7.84. The highest BCUT2D eigenvalue weighted by molar-refractivity contribution is 5.53. The minimum absolute atomic E-state index is 0.476.